The highest BCUT2D eigenvalue weighted by Gasteiger charge is 2.34. The van der Waals surface area contributed by atoms with Gasteiger partial charge in [-0.3, -0.25) is 4.79 Å². The van der Waals surface area contributed by atoms with Crippen molar-refractivity contribution in [2.24, 2.45) is 5.92 Å². The van der Waals surface area contributed by atoms with Crippen molar-refractivity contribution >= 4 is 17.5 Å². The maximum atomic E-state index is 12.1. The monoisotopic (exact) mass is 292 g/mol. The molecule has 0 aliphatic carbocycles. The van der Waals surface area contributed by atoms with Crippen LogP contribution in [0.3, 0.4) is 0 Å². The highest BCUT2D eigenvalue weighted by molar-refractivity contribution is 6.31. The summed E-state index contributed by atoms with van der Waals surface area (Å²) >= 11 is 6.09. The number of hydrogen-bond donors (Lipinski definition) is 2. The van der Waals surface area contributed by atoms with Crippen LogP contribution in [0.4, 0.5) is 0 Å². The molecule has 2 N–H and O–H groups in total. The Bertz CT molecular complexity index is 479. The number of benzene rings is 1. The van der Waals surface area contributed by atoms with E-state index in [0.29, 0.717) is 36.0 Å². The van der Waals surface area contributed by atoms with Gasteiger partial charge in [-0.2, -0.15) is 0 Å². The van der Waals surface area contributed by atoms with Gasteiger partial charge in [0.2, 0.25) is 5.91 Å². The fraction of sp³-hybridized carbons (Fsp3) is 0.562. The number of hydrogen-bond acceptors (Lipinski definition) is 2. The van der Waals surface area contributed by atoms with Crippen LogP contribution < -0.4 is 10.6 Å². The molecule has 2 saturated heterocycles. The lowest BCUT2D eigenvalue weighted by Crippen LogP contribution is -2.39. The van der Waals surface area contributed by atoms with E-state index in [1.807, 2.05) is 24.3 Å². The van der Waals surface area contributed by atoms with E-state index in [9.17, 15) is 4.79 Å². The molecule has 108 valence electrons. The van der Waals surface area contributed by atoms with Gasteiger partial charge in [0.05, 0.1) is 0 Å². The third-order valence-electron chi connectivity index (χ3n) is 4.48. The van der Waals surface area contributed by atoms with E-state index in [1.54, 1.807) is 0 Å². The average Bonchev–Trinajstić information content (AvgIpc) is 2.77. The van der Waals surface area contributed by atoms with E-state index in [-0.39, 0.29) is 5.91 Å². The minimum Gasteiger partial charge on any atom is -0.352 e. The standard InChI is InChI=1S/C16H21ClN2O/c17-15-4-2-1-3-12(15)10-18-16(20)9-11-7-13-5-6-14(8-11)19-13/h1-4,11,13-14,19H,5-10H2,(H,18,20). The lowest BCUT2D eigenvalue weighted by atomic mass is 9.89. The normalized spacial score (nSPS) is 28.4. The van der Waals surface area contributed by atoms with Gasteiger partial charge in [0.1, 0.15) is 0 Å². The van der Waals surface area contributed by atoms with Crippen molar-refractivity contribution in [2.75, 3.05) is 0 Å². The minimum absolute atomic E-state index is 0.149. The van der Waals surface area contributed by atoms with Crippen LogP contribution in [0, 0.1) is 5.92 Å². The second-order valence-corrected chi connectivity index (χ2v) is 6.45. The second-order valence-electron chi connectivity index (χ2n) is 6.05. The van der Waals surface area contributed by atoms with E-state index in [1.165, 1.54) is 12.8 Å². The number of fused-ring (bicyclic) bond motifs is 2. The summed E-state index contributed by atoms with van der Waals surface area (Å²) in [4.78, 5) is 12.1. The predicted octanol–water partition coefficient (Wildman–Crippen LogP) is 2.88. The molecule has 3 rings (SSSR count). The van der Waals surface area contributed by atoms with E-state index >= 15 is 0 Å². The summed E-state index contributed by atoms with van der Waals surface area (Å²) in [7, 11) is 0. The zero-order chi connectivity index (χ0) is 13.9. The summed E-state index contributed by atoms with van der Waals surface area (Å²) in [6, 6.07) is 8.95. The van der Waals surface area contributed by atoms with Crippen LogP contribution in [0.25, 0.3) is 0 Å². The maximum Gasteiger partial charge on any atom is 0.220 e. The van der Waals surface area contributed by atoms with E-state index in [2.05, 4.69) is 10.6 Å². The summed E-state index contributed by atoms with van der Waals surface area (Å²) in [5.41, 5.74) is 0.980. The van der Waals surface area contributed by atoms with Crippen LogP contribution in [0.2, 0.25) is 5.02 Å². The van der Waals surface area contributed by atoms with Crippen molar-refractivity contribution in [3.63, 3.8) is 0 Å². The Hall–Kier alpha value is -1.06. The van der Waals surface area contributed by atoms with Crippen LogP contribution in [-0.4, -0.2) is 18.0 Å². The van der Waals surface area contributed by atoms with Crippen molar-refractivity contribution in [1.29, 1.82) is 0 Å². The van der Waals surface area contributed by atoms with Gasteiger partial charge in [-0.1, -0.05) is 29.8 Å². The molecule has 4 heteroatoms. The number of halogens is 1. The Labute approximate surface area is 125 Å². The first-order chi connectivity index (χ1) is 9.70. The van der Waals surface area contributed by atoms with Crippen molar-refractivity contribution in [3.05, 3.63) is 34.9 Å². The number of carbonyl (C=O) groups excluding carboxylic acids is 1. The van der Waals surface area contributed by atoms with Gasteiger partial charge >= 0.3 is 0 Å². The summed E-state index contributed by atoms with van der Waals surface area (Å²) < 4.78 is 0. The molecule has 0 aromatic heterocycles. The molecule has 2 aliphatic heterocycles. The molecule has 2 heterocycles. The number of amides is 1. The Balaban J connectivity index is 1.47. The van der Waals surface area contributed by atoms with Crippen molar-refractivity contribution in [1.82, 2.24) is 10.6 Å². The minimum atomic E-state index is 0.149. The number of rotatable bonds is 4. The quantitative estimate of drug-likeness (QED) is 0.896. The highest BCUT2D eigenvalue weighted by Crippen LogP contribution is 2.32. The van der Waals surface area contributed by atoms with Gasteiger partial charge in [-0.25, -0.2) is 0 Å². The Kier molecular flexibility index (Phi) is 4.27. The summed E-state index contributed by atoms with van der Waals surface area (Å²) in [6.07, 6.45) is 5.51. The average molecular weight is 293 g/mol. The molecule has 20 heavy (non-hydrogen) atoms. The summed E-state index contributed by atoms with van der Waals surface area (Å²) in [5.74, 6) is 0.691. The zero-order valence-electron chi connectivity index (χ0n) is 11.6. The predicted molar refractivity (Wildman–Crippen MR) is 80.6 cm³/mol. The Morgan fingerprint density at radius 2 is 1.95 bits per heavy atom. The molecule has 1 aromatic rings. The van der Waals surface area contributed by atoms with Gasteiger partial charge < -0.3 is 10.6 Å². The van der Waals surface area contributed by atoms with E-state index in [4.69, 9.17) is 11.6 Å². The van der Waals surface area contributed by atoms with Crippen molar-refractivity contribution in [2.45, 2.75) is 50.7 Å². The molecule has 0 saturated carbocycles. The fourth-order valence-corrected chi connectivity index (χ4v) is 3.71. The lowest BCUT2D eigenvalue weighted by molar-refractivity contribution is -0.122. The van der Waals surface area contributed by atoms with Gasteiger partial charge in [0, 0.05) is 30.1 Å². The van der Waals surface area contributed by atoms with Gasteiger partial charge in [0.15, 0.2) is 0 Å². The highest BCUT2D eigenvalue weighted by atomic mass is 35.5. The fourth-order valence-electron chi connectivity index (χ4n) is 3.51. The number of carbonyl (C=O) groups is 1. The van der Waals surface area contributed by atoms with Crippen LogP contribution in [-0.2, 0) is 11.3 Å². The van der Waals surface area contributed by atoms with Gasteiger partial charge in [0.25, 0.3) is 0 Å². The molecule has 2 aliphatic rings. The molecule has 2 bridgehead atoms. The van der Waals surface area contributed by atoms with E-state index in [0.717, 1.165) is 18.4 Å². The molecule has 1 aromatic carbocycles. The molecule has 2 atom stereocenters. The first kappa shape index (κ1) is 13.9. The number of nitrogens with one attached hydrogen (secondary N) is 2. The third-order valence-corrected chi connectivity index (χ3v) is 4.85. The van der Waals surface area contributed by atoms with Gasteiger partial charge in [-0.05, 0) is 43.2 Å². The van der Waals surface area contributed by atoms with Crippen molar-refractivity contribution in [3.8, 4) is 0 Å². The van der Waals surface area contributed by atoms with Crippen LogP contribution in [0.1, 0.15) is 37.7 Å². The third kappa shape index (κ3) is 3.33. The molecule has 0 spiro atoms. The maximum absolute atomic E-state index is 12.1. The summed E-state index contributed by atoms with van der Waals surface area (Å²) in [5, 5.41) is 7.32. The lowest BCUT2D eigenvalue weighted by Gasteiger charge is -2.28. The molecule has 3 nitrogen and oxygen atoms in total. The Morgan fingerprint density at radius 1 is 1.25 bits per heavy atom. The first-order valence-electron chi connectivity index (χ1n) is 7.47. The molecule has 1 amide bonds. The molecule has 0 radical (unpaired) electrons. The molecular formula is C16H21ClN2O. The molecule has 2 fully saturated rings. The van der Waals surface area contributed by atoms with Crippen molar-refractivity contribution < 1.29 is 4.79 Å². The molecular weight excluding hydrogens is 272 g/mol. The zero-order valence-corrected chi connectivity index (χ0v) is 12.3. The largest absolute Gasteiger partial charge is 0.352 e. The van der Waals surface area contributed by atoms with Crippen LogP contribution >= 0.6 is 11.6 Å². The Morgan fingerprint density at radius 3 is 2.65 bits per heavy atom. The van der Waals surface area contributed by atoms with Gasteiger partial charge in [-0.15, -0.1) is 0 Å². The summed E-state index contributed by atoms with van der Waals surface area (Å²) in [6.45, 7) is 0.524. The van der Waals surface area contributed by atoms with Crippen LogP contribution in [0.5, 0.6) is 0 Å². The first-order valence-corrected chi connectivity index (χ1v) is 7.84. The number of piperidine rings is 1. The van der Waals surface area contributed by atoms with Crippen LogP contribution in [0.15, 0.2) is 24.3 Å². The SMILES string of the molecule is O=C(CC1CC2CCC(C1)N2)NCc1ccccc1Cl. The smallest absolute Gasteiger partial charge is 0.220 e. The van der Waals surface area contributed by atoms with E-state index < -0.39 is 0 Å². The topological polar surface area (TPSA) is 41.1 Å². The molecule has 2 unspecified atom stereocenters. The second kappa shape index (κ2) is 6.15.